The maximum atomic E-state index is 13.0. The third kappa shape index (κ3) is 6.86. The van der Waals surface area contributed by atoms with E-state index in [1.54, 1.807) is 14.0 Å². The zero-order valence-corrected chi connectivity index (χ0v) is 31.1. The van der Waals surface area contributed by atoms with E-state index in [1.165, 1.54) is 6.08 Å². The summed E-state index contributed by atoms with van der Waals surface area (Å²) < 4.78 is 38.2. The number of likely N-dealkylation sites (N-methyl/N-ethyl adjacent to an activating group) is 1. The molecule has 4 aliphatic rings. The average Bonchev–Trinajstić information content (AvgIpc) is 3.58. The number of amides is 1. The number of hydrogen-bond acceptors (Lipinski definition) is 12. The number of nitriles is 1. The minimum atomic E-state index is -1.82. The number of piperazine rings is 1. The number of rotatable bonds is 9. The summed E-state index contributed by atoms with van der Waals surface area (Å²) in [5.41, 5.74) is 5.91. The van der Waals surface area contributed by atoms with Crippen molar-refractivity contribution >= 4 is 47.1 Å². The fourth-order valence-corrected chi connectivity index (χ4v) is 8.10. The summed E-state index contributed by atoms with van der Waals surface area (Å²) in [6.07, 6.45) is 0.577. The van der Waals surface area contributed by atoms with Crippen LogP contribution in [0.15, 0.2) is 18.7 Å². The zero-order valence-electron chi connectivity index (χ0n) is 28.8. The van der Waals surface area contributed by atoms with E-state index in [4.69, 9.17) is 68.0 Å². The Morgan fingerprint density at radius 1 is 1.10 bits per heavy atom. The number of aryl methyl sites for hydroxylation is 1. The number of alkyl carbamates (subject to hydrolysis) is 1. The van der Waals surface area contributed by atoms with Crippen LogP contribution in [-0.4, -0.2) is 91.5 Å². The van der Waals surface area contributed by atoms with Crippen LogP contribution in [0.5, 0.6) is 23.0 Å². The highest BCUT2D eigenvalue weighted by atomic mass is 35.6. The molecule has 1 unspecified atom stereocenters. The maximum absolute atomic E-state index is 13.0. The van der Waals surface area contributed by atoms with Gasteiger partial charge in [0.15, 0.2) is 18.3 Å². The largest absolute Gasteiger partial charge is 0.514 e. The van der Waals surface area contributed by atoms with E-state index in [9.17, 15) is 14.9 Å². The van der Waals surface area contributed by atoms with Crippen LogP contribution in [0.4, 0.5) is 9.59 Å². The fourth-order valence-electron chi connectivity index (χ4n) is 7.93. The molecule has 51 heavy (non-hydrogen) atoms. The Labute approximate surface area is 311 Å². The van der Waals surface area contributed by atoms with E-state index < -0.39 is 40.8 Å². The van der Waals surface area contributed by atoms with Gasteiger partial charge >= 0.3 is 12.2 Å². The lowest BCUT2D eigenvalue weighted by molar-refractivity contribution is -0.0730. The van der Waals surface area contributed by atoms with Gasteiger partial charge in [-0.15, -0.1) is 0 Å². The first-order chi connectivity index (χ1) is 24.3. The van der Waals surface area contributed by atoms with Crippen LogP contribution in [0.25, 0.3) is 0 Å². The minimum absolute atomic E-state index is 0.0461. The molecule has 16 heteroatoms. The number of fused-ring (bicyclic) bond motifs is 9. The van der Waals surface area contributed by atoms with Gasteiger partial charge < -0.3 is 38.5 Å². The molecule has 2 bridgehead atoms. The molecule has 1 amide bonds. The quantitative estimate of drug-likeness (QED) is 0.107. The molecule has 1 saturated heterocycles. The normalized spacial score (nSPS) is 23.2. The van der Waals surface area contributed by atoms with Crippen molar-refractivity contribution in [2.45, 2.75) is 67.6 Å². The summed E-state index contributed by atoms with van der Waals surface area (Å²) in [5.74, 6) is 1.79. The monoisotopic (exact) mass is 764 g/mol. The number of ether oxygens (including phenoxy) is 7. The van der Waals surface area contributed by atoms with Crippen molar-refractivity contribution in [1.29, 1.82) is 5.26 Å². The smallest absolute Gasteiger partial charge is 0.467 e. The number of hydrogen-bond donors (Lipinski definition) is 1. The second-order valence-electron chi connectivity index (χ2n) is 12.9. The first-order valence-corrected chi connectivity index (χ1v) is 17.5. The summed E-state index contributed by atoms with van der Waals surface area (Å²) >= 11 is 17.5. The first-order valence-electron chi connectivity index (χ1n) is 16.3. The predicted octanol–water partition coefficient (Wildman–Crippen LogP) is 5.89. The molecule has 6 rings (SSSR count). The van der Waals surface area contributed by atoms with E-state index in [2.05, 4.69) is 33.8 Å². The molecule has 0 saturated carbocycles. The van der Waals surface area contributed by atoms with E-state index in [1.807, 2.05) is 20.9 Å². The number of alkyl halides is 3. The SMILES string of the molecule is C=CCOC(=O)Oc1c(C)c2c(c3c1CC1[C@H]4c5c(cc(C)c(C)c5OCOC)C[C@H]([C@H](C#N)N1[C@H]3CNC(=O)OCC(Cl)(Cl)Cl)N4C)OCO2. The molecule has 2 aromatic carbocycles. The number of nitrogens with zero attached hydrogens (tertiary/aromatic N) is 3. The molecular weight excluding hydrogens is 727 g/mol. The standard InChI is InChI=1S/C35H39Cl3N4O9/c1-7-8-46-34(44)51-29-19(4)31-32(50-16-49-31)27-21(29)11-23-28-26-20(9-17(2)18(3)30(26)48-15-45-6)10-22(41(28)5)24(12-39)42(23)25(27)13-40-33(43)47-14-35(36,37)38/h7,9,22-25,28H,1,8,10-11,13-16H2,2-6H3,(H,40,43)/t22-,23?,24+,25+,28+/m1/s1. The van der Waals surface area contributed by atoms with E-state index in [0.29, 0.717) is 41.0 Å². The molecule has 13 nitrogen and oxygen atoms in total. The van der Waals surface area contributed by atoms with Crippen LogP contribution in [0, 0.1) is 32.1 Å². The lowest BCUT2D eigenvalue weighted by atomic mass is 9.71. The lowest BCUT2D eigenvalue weighted by Crippen LogP contribution is -2.68. The Balaban J connectivity index is 1.54. The van der Waals surface area contributed by atoms with Gasteiger partial charge in [-0.05, 0) is 57.4 Å². The van der Waals surface area contributed by atoms with Gasteiger partial charge in [0.05, 0.1) is 18.2 Å². The van der Waals surface area contributed by atoms with Gasteiger partial charge in [-0.25, -0.2) is 9.59 Å². The molecule has 2 aromatic rings. The molecule has 4 heterocycles. The van der Waals surface area contributed by atoms with Crippen LogP contribution in [0.3, 0.4) is 0 Å². The van der Waals surface area contributed by atoms with Crippen molar-refractivity contribution in [1.82, 2.24) is 15.1 Å². The number of nitrogens with one attached hydrogen (secondary N) is 1. The maximum Gasteiger partial charge on any atom is 0.514 e. The zero-order chi connectivity index (χ0) is 36.8. The minimum Gasteiger partial charge on any atom is -0.467 e. The van der Waals surface area contributed by atoms with Crippen LogP contribution in [0.2, 0.25) is 0 Å². The predicted molar refractivity (Wildman–Crippen MR) is 187 cm³/mol. The molecule has 0 radical (unpaired) electrons. The van der Waals surface area contributed by atoms with Crippen molar-refractivity contribution in [3.05, 3.63) is 57.7 Å². The highest BCUT2D eigenvalue weighted by molar-refractivity contribution is 6.67. The highest BCUT2D eigenvalue weighted by Gasteiger charge is 2.57. The Morgan fingerprint density at radius 3 is 2.53 bits per heavy atom. The molecule has 0 aromatic heterocycles. The molecular formula is C35H39Cl3N4O9. The Bertz CT molecular complexity index is 1780. The van der Waals surface area contributed by atoms with Gasteiger partial charge in [-0.3, -0.25) is 9.80 Å². The van der Waals surface area contributed by atoms with Crippen LogP contribution in [-0.2, 0) is 27.1 Å². The number of carbonyl (C=O) groups is 2. The van der Waals surface area contributed by atoms with Gasteiger partial charge in [0.2, 0.25) is 10.6 Å². The molecule has 0 spiro atoms. The van der Waals surface area contributed by atoms with Crippen molar-refractivity contribution in [3.8, 4) is 29.1 Å². The van der Waals surface area contributed by atoms with E-state index >= 15 is 0 Å². The van der Waals surface area contributed by atoms with E-state index in [0.717, 1.165) is 28.0 Å². The second-order valence-corrected chi connectivity index (χ2v) is 15.4. The number of benzene rings is 2. The second kappa shape index (κ2) is 14.8. The molecule has 274 valence electrons. The topological polar surface area (TPSA) is 141 Å². The summed E-state index contributed by atoms with van der Waals surface area (Å²) in [4.78, 5) is 30.3. The van der Waals surface area contributed by atoms with Gasteiger partial charge in [0.25, 0.3) is 0 Å². The molecule has 0 aliphatic carbocycles. The summed E-state index contributed by atoms with van der Waals surface area (Å²) in [7, 11) is 3.59. The summed E-state index contributed by atoms with van der Waals surface area (Å²) in [6, 6.07) is 2.49. The Hall–Kier alpha value is -3.64. The van der Waals surface area contributed by atoms with Crippen LogP contribution >= 0.6 is 34.8 Å². The third-order valence-corrected chi connectivity index (χ3v) is 10.4. The van der Waals surface area contributed by atoms with E-state index in [-0.39, 0.29) is 44.6 Å². The van der Waals surface area contributed by atoms with Crippen molar-refractivity contribution in [3.63, 3.8) is 0 Å². The van der Waals surface area contributed by atoms with Gasteiger partial charge in [-0.1, -0.05) is 53.5 Å². The van der Waals surface area contributed by atoms with Crippen molar-refractivity contribution in [2.75, 3.05) is 47.5 Å². The highest BCUT2D eigenvalue weighted by Crippen LogP contribution is 2.58. The van der Waals surface area contributed by atoms with Crippen LogP contribution in [0.1, 0.15) is 51.0 Å². The Morgan fingerprint density at radius 2 is 1.84 bits per heavy atom. The lowest BCUT2D eigenvalue weighted by Gasteiger charge is -2.60. The molecule has 1 N–H and O–H groups in total. The van der Waals surface area contributed by atoms with Gasteiger partial charge in [0, 0.05) is 48.0 Å². The fraction of sp³-hybridized carbons (Fsp3) is 0.514. The summed E-state index contributed by atoms with van der Waals surface area (Å²) in [5, 5.41) is 13.7. The number of carbonyl (C=O) groups excluding carboxylic acids is 2. The summed E-state index contributed by atoms with van der Waals surface area (Å²) in [6.45, 7) is 8.82. The van der Waals surface area contributed by atoms with Crippen molar-refractivity contribution < 1.29 is 42.7 Å². The number of halogens is 3. The molecule has 4 aliphatic heterocycles. The third-order valence-electron chi connectivity index (χ3n) is 10.0. The molecule has 1 fully saturated rings. The van der Waals surface area contributed by atoms with Gasteiger partial charge in [0.1, 0.15) is 30.8 Å². The Kier molecular flexibility index (Phi) is 10.8. The van der Waals surface area contributed by atoms with Crippen LogP contribution < -0.4 is 24.3 Å². The van der Waals surface area contributed by atoms with Crippen molar-refractivity contribution in [2.24, 2.45) is 0 Å². The number of methoxy groups -OCH3 is 1. The molecule has 5 atom stereocenters. The first kappa shape index (κ1) is 37.1. The van der Waals surface area contributed by atoms with Gasteiger partial charge in [-0.2, -0.15) is 5.26 Å². The average molecular weight is 766 g/mol.